The lowest BCUT2D eigenvalue weighted by Gasteiger charge is -2.18. The molecular formula is C21H22N2O6S. The van der Waals surface area contributed by atoms with Gasteiger partial charge >= 0.3 is 5.97 Å². The zero-order valence-corrected chi connectivity index (χ0v) is 17.6. The Hall–Kier alpha value is -3.20. The second-order valence-electron chi connectivity index (χ2n) is 6.50. The molecule has 0 radical (unpaired) electrons. The summed E-state index contributed by atoms with van der Waals surface area (Å²) in [6.07, 6.45) is -0.988. The highest BCUT2D eigenvalue weighted by Gasteiger charge is 2.21. The monoisotopic (exact) mass is 430 g/mol. The summed E-state index contributed by atoms with van der Waals surface area (Å²) in [4.78, 5) is 37.1. The van der Waals surface area contributed by atoms with E-state index >= 15 is 0 Å². The lowest BCUT2D eigenvalue weighted by atomic mass is 10.2. The first-order chi connectivity index (χ1) is 14.4. The quantitative estimate of drug-likeness (QED) is 0.651. The van der Waals surface area contributed by atoms with Gasteiger partial charge in [0.05, 0.1) is 31.2 Å². The maximum atomic E-state index is 12.4. The minimum Gasteiger partial charge on any atom is -0.493 e. The molecule has 1 heterocycles. The lowest BCUT2D eigenvalue weighted by Crippen LogP contribution is -2.35. The molecule has 0 fully saturated rings. The van der Waals surface area contributed by atoms with Crippen LogP contribution in [0, 0.1) is 0 Å². The molecule has 8 nitrogen and oxygen atoms in total. The molecule has 3 rings (SSSR count). The van der Waals surface area contributed by atoms with Crippen molar-refractivity contribution < 1.29 is 28.6 Å². The SMILES string of the molecule is COc1ccc(CNC(=O)[C@H](C)OC(=O)c2ccc3c(c2)NC(=O)CS3)cc1OC. The summed E-state index contributed by atoms with van der Waals surface area (Å²) in [5, 5.41) is 5.45. The molecular weight excluding hydrogens is 408 g/mol. The van der Waals surface area contributed by atoms with Crippen molar-refractivity contribution in [2.24, 2.45) is 0 Å². The third-order valence-electron chi connectivity index (χ3n) is 4.42. The number of nitrogens with one attached hydrogen (secondary N) is 2. The number of methoxy groups -OCH3 is 2. The summed E-state index contributed by atoms with van der Waals surface area (Å²) in [5.74, 6) is 0.293. The van der Waals surface area contributed by atoms with Gasteiger partial charge in [-0.05, 0) is 42.8 Å². The van der Waals surface area contributed by atoms with Gasteiger partial charge in [-0.3, -0.25) is 9.59 Å². The fraction of sp³-hybridized carbons (Fsp3) is 0.286. The molecule has 1 aliphatic rings. The van der Waals surface area contributed by atoms with Crippen molar-refractivity contribution in [1.82, 2.24) is 5.32 Å². The largest absolute Gasteiger partial charge is 0.493 e. The molecule has 0 saturated carbocycles. The molecule has 0 unspecified atom stereocenters. The van der Waals surface area contributed by atoms with Gasteiger partial charge in [0.25, 0.3) is 5.91 Å². The van der Waals surface area contributed by atoms with Crippen LogP contribution in [0.4, 0.5) is 5.69 Å². The molecule has 0 saturated heterocycles. The summed E-state index contributed by atoms with van der Waals surface area (Å²) in [6.45, 7) is 1.74. The van der Waals surface area contributed by atoms with Gasteiger partial charge in [-0.1, -0.05) is 6.07 Å². The van der Waals surface area contributed by atoms with Crippen molar-refractivity contribution in [3.05, 3.63) is 47.5 Å². The van der Waals surface area contributed by atoms with Gasteiger partial charge in [-0.25, -0.2) is 4.79 Å². The Kier molecular flexibility index (Phi) is 6.83. The van der Waals surface area contributed by atoms with E-state index in [0.29, 0.717) is 22.9 Å². The predicted molar refractivity (Wildman–Crippen MR) is 112 cm³/mol. The highest BCUT2D eigenvalue weighted by atomic mass is 32.2. The van der Waals surface area contributed by atoms with Crippen LogP contribution in [0.3, 0.4) is 0 Å². The first-order valence-corrected chi connectivity index (χ1v) is 10.2. The summed E-state index contributed by atoms with van der Waals surface area (Å²) >= 11 is 1.40. The topological polar surface area (TPSA) is 103 Å². The zero-order valence-electron chi connectivity index (χ0n) is 16.8. The van der Waals surface area contributed by atoms with Gasteiger partial charge in [-0.2, -0.15) is 0 Å². The number of thioether (sulfide) groups is 1. The van der Waals surface area contributed by atoms with E-state index in [1.165, 1.54) is 25.8 Å². The molecule has 158 valence electrons. The van der Waals surface area contributed by atoms with Crippen molar-refractivity contribution in [3.8, 4) is 11.5 Å². The third kappa shape index (κ3) is 5.04. The van der Waals surface area contributed by atoms with Crippen LogP contribution >= 0.6 is 11.8 Å². The number of anilines is 1. The highest BCUT2D eigenvalue weighted by Crippen LogP contribution is 2.32. The second-order valence-corrected chi connectivity index (χ2v) is 7.52. The average molecular weight is 430 g/mol. The Labute approximate surface area is 178 Å². The number of carbonyl (C=O) groups is 3. The molecule has 2 aromatic rings. The van der Waals surface area contributed by atoms with Gasteiger partial charge in [0.15, 0.2) is 17.6 Å². The normalized spacial score (nSPS) is 13.5. The molecule has 2 amide bonds. The molecule has 0 aliphatic carbocycles. The number of amides is 2. The van der Waals surface area contributed by atoms with Crippen molar-refractivity contribution in [2.75, 3.05) is 25.3 Å². The van der Waals surface area contributed by atoms with E-state index in [2.05, 4.69) is 10.6 Å². The van der Waals surface area contributed by atoms with Crippen molar-refractivity contribution in [1.29, 1.82) is 0 Å². The molecule has 2 N–H and O–H groups in total. The van der Waals surface area contributed by atoms with Gasteiger partial charge < -0.3 is 24.8 Å². The number of fused-ring (bicyclic) bond motifs is 1. The van der Waals surface area contributed by atoms with Crippen LogP contribution in [0.15, 0.2) is 41.3 Å². The molecule has 9 heteroatoms. The number of benzene rings is 2. The Morgan fingerprint density at radius 1 is 1.13 bits per heavy atom. The van der Waals surface area contributed by atoms with E-state index in [0.717, 1.165) is 10.5 Å². The van der Waals surface area contributed by atoms with Crippen LogP contribution in [0.2, 0.25) is 0 Å². The minimum absolute atomic E-state index is 0.124. The number of esters is 1. The van der Waals surface area contributed by atoms with Crippen LogP contribution < -0.4 is 20.1 Å². The van der Waals surface area contributed by atoms with E-state index in [1.54, 1.807) is 43.5 Å². The fourth-order valence-electron chi connectivity index (χ4n) is 2.82. The van der Waals surface area contributed by atoms with E-state index in [9.17, 15) is 14.4 Å². The Morgan fingerprint density at radius 3 is 2.63 bits per heavy atom. The first-order valence-electron chi connectivity index (χ1n) is 9.17. The molecule has 1 aliphatic heterocycles. The lowest BCUT2D eigenvalue weighted by molar-refractivity contribution is -0.129. The van der Waals surface area contributed by atoms with Crippen molar-refractivity contribution in [2.45, 2.75) is 24.5 Å². The van der Waals surface area contributed by atoms with Crippen LogP contribution in [0.25, 0.3) is 0 Å². The van der Waals surface area contributed by atoms with Gasteiger partial charge in [0.2, 0.25) is 5.91 Å². The van der Waals surface area contributed by atoms with Crippen LogP contribution in [0.5, 0.6) is 11.5 Å². The highest BCUT2D eigenvalue weighted by molar-refractivity contribution is 8.00. The summed E-state index contributed by atoms with van der Waals surface area (Å²) < 4.78 is 15.7. The number of carbonyl (C=O) groups excluding carboxylic acids is 3. The molecule has 1 atom stereocenters. The van der Waals surface area contributed by atoms with E-state index in [-0.39, 0.29) is 18.0 Å². The number of hydrogen-bond donors (Lipinski definition) is 2. The molecule has 0 aromatic heterocycles. The van der Waals surface area contributed by atoms with Crippen molar-refractivity contribution in [3.63, 3.8) is 0 Å². The Bertz CT molecular complexity index is 978. The molecule has 2 aromatic carbocycles. The number of hydrogen-bond acceptors (Lipinski definition) is 7. The van der Waals surface area contributed by atoms with Gasteiger partial charge in [0.1, 0.15) is 0 Å². The predicted octanol–water partition coefficient (Wildman–Crippen LogP) is 2.61. The number of ether oxygens (including phenoxy) is 3. The first kappa shape index (κ1) is 21.5. The molecule has 30 heavy (non-hydrogen) atoms. The fourth-order valence-corrected chi connectivity index (χ4v) is 3.60. The standard InChI is InChI=1S/C21H22N2O6S/c1-12(20(25)22-10-13-4-6-16(27-2)17(8-13)28-3)29-21(26)14-5-7-18-15(9-14)23-19(24)11-30-18/h4-9,12H,10-11H2,1-3H3,(H,22,25)(H,23,24)/t12-/m0/s1. The molecule has 0 spiro atoms. The van der Waals surface area contributed by atoms with Crippen LogP contribution in [-0.4, -0.2) is 43.9 Å². The smallest absolute Gasteiger partial charge is 0.338 e. The summed E-state index contributed by atoms with van der Waals surface area (Å²) in [7, 11) is 3.08. The van der Waals surface area contributed by atoms with E-state index in [4.69, 9.17) is 14.2 Å². The summed E-state index contributed by atoms with van der Waals surface area (Å²) in [6, 6.07) is 10.2. The van der Waals surface area contributed by atoms with Gasteiger partial charge in [-0.15, -0.1) is 11.8 Å². The van der Waals surface area contributed by atoms with Crippen LogP contribution in [0.1, 0.15) is 22.8 Å². The second kappa shape index (κ2) is 9.53. The zero-order chi connectivity index (χ0) is 21.7. The van der Waals surface area contributed by atoms with E-state index in [1.807, 2.05) is 0 Å². The maximum Gasteiger partial charge on any atom is 0.338 e. The third-order valence-corrected chi connectivity index (χ3v) is 5.49. The van der Waals surface area contributed by atoms with Crippen LogP contribution in [-0.2, 0) is 20.9 Å². The minimum atomic E-state index is -0.988. The van der Waals surface area contributed by atoms with E-state index < -0.39 is 18.0 Å². The number of rotatable bonds is 7. The maximum absolute atomic E-state index is 12.4. The Morgan fingerprint density at radius 2 is 1.90 bits per heavy atom. The van der Waals surface area contributed by atoms with Gasteiger partial charge in [0, 0.05) is 11.4 Å². The Balaban J connectivity index is 1.57. The van der Waals surface area contributed by atoms with Crippen molar-refractivity contribution >= 4 is 35.2 Å². The molecule has 0 bridgehead atoms. The summed E-state index contributed by atoms with van der Waals surface area (Å²) in [5.41, 5.74) is 1.63. The average Bonchev–Trinajstić information content (AvgIpc) is 2.76.